The summed E-state index contributed by atoms with van der Waals surface area (Å²) in [6.45, 7) is 4.24. The Bertz CT molecular complexity index is 918. The number of furan rings is 1. The average Bonchev–Trinajstić information content (AvgIpc) is 3.32. The summed E-state index contributed by atoms with van der Waals surface area (Å²) in [4.78, 5) is 24.8. The Hall–Kier alpha value is -3.06. The predicted octanol–water partition coefficient (Wildman–Crippen LogP) is 4.10. The minimum Gasteiger partial charge on any atom is -0.491 e. The van der Waals surface area contributed by atoms with Crippen molar-refractivity contribution in [2.24, 2.45) is 0 Å². The van der Waals surface area contributed by atoms with Gasteiger partial charge in [0.2, 0.25) is 0 Å². The third kappa shape index (κ3) is 5.21. The van der Waals surface area contributed by atoms with Gasteiger partial charge in [-0.2, -0.15) is 0 Å². The number of amides is 2. The van der Waals surface area contributed by atoms with Crippen molar-refractivity contribution in [3.05, 3.63) is 71.0 Å². The highest BCUT2D eigenvalue weighted by Crippen LogP contribution is 2.22. The van der Waals surface area contributed by atoms with Crippen molar-refractivity contribution in [1.82, 2.24) is 5.32 Å². The SMILES string of the molecule is Cc1cccc(OCC(C)NC(=O)c2ccc(NC(=O)c3ccco3)s2)c1. The van der Waals surface area contributed by atoms with Gasteiger partial charge in [0.25, 0.3) is 11.8 Å². The fourth-order valence-electron chi connectivity index (χ4n) is 2.37. The van der Waals surface area contributed by atoms with E-state index < -0.39 is 0 Å². The highest BCUT2D eigenvalue weighted by Gasteiger charge is 2.15. The lowest BCUT2D eigenvalue weighted by atomic mass is 10.2. The molecule has 27 heavy (non-hydrogen) atoms. The Labute approximate surface area is 161 Å². The molecule has 0 radical (unpaired) electrons. The molecule has 2 amide bonds. The number of carbonyl (C=O) groups excluding carboxylic acids is 2. The van der Waals surface area contributed by atoms with Crippen LogP contribution in [0.5, 0.6) is 5.75 Å². The Morgan fingerprint density at radius 1 is 1.15 bits per heavy atom. The number of carbonyl (C=O) groups is 2. The third-order valence-corrected chi connectivity index (χ3v) is 4.68. The molecule has 1 atom stereocenters. The van der Waals surface area contributed by atoms with Gasteiger partial charge in [-0.05, 0) is 55.8 Å². The van der Waals surface area contributed by atoms with Crippen molar-refractivity contribution in [3.63, 3.8) is 0 Å². The smallest absolute Gasteiger partial charge is 0.291 e. The first-order chi connectivity index (χ1) is 13.0. The fraction of sp³-hybridized carbons (Fsp3) is 0.200. The van der Waals surface area contributed by atoms with Crippen molar-refractivity contribution < 1.29 is 18.7 Å². The lowest BCUT2D eigenvalue weighted by Crippen LogP contribution is -2.36. The minimum absolute atomic E-state index is 0.165. The molecule has 6 nitrogen and oxygen atoms in total. The summed E-state index contributed by atoms with van der Waals surface area (Å²) in [7, 11) is 0. The number of hydrogen-bond donors (Lipinski definition) is 2. The zero-order valence-electron chi connectivity index (χ0n) is 15.0. The van der Waals surface area contributed by atoms with E-state index in [1.807, 2.05) is 38.1 Å². The average molecular weight is 384 g/mol. The van der Waals surface area contributed by atoms with Gasteiger partial charge in [-0.25, -0.2) is 0 Å². The van der Waals surface area contributed by atoms with E-state index in [2.05, 4.69) is 10.6 Å². The number of rotatable bonds is 7. The number of anilines is 1. The number of ether oxygens (including phenoxy) is 1. The van der Waals surface area contributed by atoms with Crippen molar-refractivity contribution in [3.8, 4) is 5.75 Å². The topological polar surface area (TPSA) is 80.6 Å². The molecule has 0 bridgehead atoms. The van der Waals surface area contributed by atoms with Crippen LogP contribution < -0.4 is 15.4 Å². The Morgan fingerprint density at radius 2 is 2.00 bits per heavy atom. The molecule has 140 valence electrons. The summed E-state index contributed by atoms with van der Waals surface area (Å²) in [5, 5.41) is 6.17. The molecule has 0 aliphatic heterocycles. The fourth-order valence-corrected chi connectivity index (χ4v) is 3.18. The van der Waals surface area contributed by atoms with Gasteiger partial charge < -0.3 is 19.8 Å². The summed E-state index contributed by atoms with van der Waals surface area (Å²) in [6.07, 6.45) is 1.43. The van der Waals surface area contributed by atoms with Crippen LogP contribution in [0.2, 0.25) is 0 Å². The molecule has 2 heterocycles. The van der Waals surface area contributed by atoms with Gasteiger partial charge in [0.1, 0.15) is 12.4 Å². The van der Waals surface area contributed by atoms with Gasteiger partial charge in [0, 0.05) is 0 Å². The van der Waals surface area contributed by atoms with E-state index in [0.29, 0.717) is 16.5 Å². The molecule has 0 aliphatic rings. The van der Waals surface area contributed by atoms with E-state index in [9.17, 15) is 9.59 Å². The standard InChI is InChI=1S/C20H20N2O4S/c1-13-5-3-6-15(11-13)26-12-14(2)21-20(24)17-8-9-18(27-17)22-19(23)16-7-4-10-25-16/h3-11,14H,12H2,1-2H3,(H,21,24)(H,22,23). The van der Waals surface area contributed by atoms with Crippen LogP contribution in [0.4, 0.5) is 5.00 Å². The largest absolute Gasteiger partial charge is 0.491 e. The molecule has 3 aromatic rings. The zero-order valence-corrected chi connectivity index (χ0v) is 15.8. The molecule has 0 saturated heterocycles. The molecule has 2 aromatic heterocycles. The highest BCUT2D eigenvalue weighted by molar-refractivity contribution is 7.18. The van der Waals surface area contributed by atoms with Gasteiger partial charge in [0.05, 0.1) is 22.2 Å². The summed E-state index contributed by atoms with van der Waals surface area (Å²) in [5.74, 6) is 0.430. The van der Waals surface area contributed by atoms with E-state index in [0.717, 1.165) is 11.3 Å². The van der Waals surface area contributed by atoms with Gasteiger partial charge in [-0.15, -0.1) is 11.3 Å². The van der Waals surface area contributed by atoms with Crippen molar-refractivity contribution >= 4 is 28.2 Å². The van der Waals surface area contributed by atoms with E-state index >= 15 is 0 Å². The molecule has 0 spiro atoms. The molecule has 7 heteroatoms. The predicted molar refractivity (Wildman–Crippen MR) is 105 cm³/mol. The normalized spacial score (nSPS) is 11.6. The van der Waals surface area contributed by atoms with Crippen LogP contribution in [0, 0.1) is 6.92 Å². The van der Waals surface area contributed by atoms with Crippen molar-refractivity contribution in [2.45, 2.75) is 19.9 Å². The molecule has 2 N–H and O–H groups in total. The van der Waals surface area contributed by atoms with Crippen LogP contribution in [0.1, 0.15) is 32.7 Å². The van der Waals surface area contributed by atoms with Crippen LogP contribution in [-0.4, -0.2) is 24.5 Å². The molecular formula is C20H20N2O4S. The minimum atomic E-state index is -0.353. The monoisotopic (exact) mass is 384 g/mol. The molecule has 3 rings (SSSR count). The van der Waals surface area contributed by atoms with Crippen LogP contribution in [0.3, 0.4) is 0 Å². The molecular weight excluding hydrogens is 364 g/mol. The third-order valence-electron chi connectivity index (χ3n) is 3.68. The number of hydrogen-bond acceptors (Lipinski definition) is 5. The van der Waals surface area contributed by atoms with Crippen molar-refractivity contribution in [1.29, 1.82) is 0 Å². The van der Waals surface area contributed by atoms with E-state index in [1.165, 1.54) is 17.6 Å². The van der Waals surface area contributed by atoms with Gasteiger partial charge in [-0.1, -0.05) is 12.1 Å². The van der Waals surface area contributed by atoms with Gasteiger partial charge >= 0.3 is 0 Å². The molecule has 0 aliphatic carbocycles. The zero-order chi connectivity index (χ0) is 19.2. The molecule has 0 fully saturated rings. The van der Waals surface area contributed by atoms with E-state index in [1.54, 1.807) is 24.3 Å². The van der Waals surface area contributed by atoms with Gasteiger partial charge in [0.15, 0.2) is 5.76 Å². The van der Waals surface area contributed by atoms with Crippen molar-refractivity contribution in [2.75, 3.05) is 11.9 Å². The first-order valence-electron chi connectivity index (χ1n) is 8.46. The van der Waals surface area contributed by atoms with Crippen LogP contribution in [-0.2, 0) is 0 Å². The van der Waals surface area contributed by atoms with Crippen LogP contribution in [0.15, 0.2) is 59.2 Å². The quantitative estimate of drug-likeness (QED) is 0.643. The number of aryl methyl sites for hydroxylation is 1. The van der Waals surface area contributed by atoms with E-state index in [-0.39, 0.29) is 23.6 Å². The Kier molecular flexibility index (Phi) is 5.93. The van der Waals surface area contributed by atoms with Crippen LogP contribution >= 0.6 is 11.3 Å². The summed E-state index contributed by atoms with van der Waals surface area (Å²) >= 11 is 1.20. The second-order valence-electron chi connectivity index (χ2n) is 6.10. The maximum Gasteiger partial charge on any atom is 0.291 e. The second kappa shape index (κ2) is 8.55. The first-order valence-corrected chi connectivity index (χ1v) is 9.28. The molecule has 1 unspecified atom stereocenters. The highest BCUT2D eigenvalue weighted by atomic mass is 32.1. The summed E-state index contributed by atoms with van der Waals surface area (Å²) in [6, 6.07) is 14.2. The summed E-state index contributed by atoms with van der Waals surface area (Å²) < 4.78 is 10.8. The summed E-state index contributed by atoms with van der Waals surface area (Å²) in [5.41, 5.74) is 1.12. The first kappa shape index (κ1) is 18.7. The number of benzene rings is 1. The Morgan fingerprint density at radius 3 is 2.74 bits per heavy atom. The Balaban J connectivity index is 1.50. The maximum atomic E-state index is 12.4. The van der Waals surface area contributed by atoms with E-state index in [4.69, 9.17) is 9.15 Å². The number of thiophene rings is 1. The number of nitrogens with one attached hydrogen (secondary N) is 2. The second-order valence-corrected chi connectivity index (χ2v) is 7.18. The molecule has 1 aromatic carbocycles. The maximum absolute atomic E-state index is 12.4. The lowest BCUT2D eigenvalue weighted by molar-refractivity contribution is 0.0930. The lowest BCUT2D eigenvalue weighted by Gasteiger charge is -2.14. The van der Waals surface area contributed by atoms with Crippen LogP contribution in [0.25, 0.3) is 0 Å². The van der Waals surface area contributed by atoms with Gasteiger partial charge in [-0.3, -0.25) is 9.59 Å². The molecule has 0 saturated carbocycles.